The van der Waals surface area contributed by atoms with Crippen molar-refractivity contribution in [2.45, 2.75) is 18.8 Å². The summed E-state index contributed by atoms with van der Waals surface area (Å²) < 4.78 is 0. The summed E-state index contributed by atoms with van der Waals surface area (Å²) in [5.41, 5.74) is 2.38. The van der Waals surface area contributed by atoms with Crippen LogP contribution < -0.4 is 0 Å². The summed E-state index contributed by atoms with van der Waals surface area (Å²) in [4.78, 5) is 20.0. The third-order valence-electron chi connectivity index (χ3n) is 3.71. The highest BCUT2D eigenvalue weighted by Crippen LogP contribution is 2.26. The van der Waals surface area contributed by atoms with Gasteiger partial charge in [-0.2, -0.15) is 5.26 Å². The SMILES string of the molecule is N#C[C@@H](C(=O)CCc1nc2ccccc2[nH]1)c1ccccc1Cl. The summed E-state index contributed by atoms with van der Waals surface area (Å²) in [7, 11) is 0. The van der Waals surface area contributed by atoms with E-state index in [1.807, 2.05) is 24.3 Å². The summed E-state index contributed by atoms with van der Waals surface area (Å²) >= 11 is 6.09. The number of aromatic amines is 1. The first-order chi connectivity index (χ1) is 11.2. The number of fused-ring (bicyclic) bond motifs is 1. The van der Waals surface area contributed by atoms with Crippen LogP contribution in [0.4, 0.5) is 0 Å². The number of aromatic nitrogens is 2. The van der Waals surface area contributed by atoms with E-state index >= 15 is 0 Å². The molecule has 3 rings (SSSR count). The number of halogens is 1. The number of Topliss-reactive ketones (excluding diaryl/α,β-unsaturated/α-hetero) is 1. The van der Waals surface area contributed by atoms with Crippen molar-refractivity contribution in [3.05, 3.63) is 64.9 Å². The van der Waals surface area contributed by atoms with E-state index in [-0.39, 0.29) is 12.2 Å². The van der Waals surface area contributed by atoms with Gasteiger partial charge in [0, 0.05) is 17.9 Å². The Bertz CT molecular complexity index is 861. The molecule has 1 N–H and O–H groups in total. The van der Waals surface area contributed by atoms with Gasteiger partial charge in [-0.15, -0.1) is 0 Å². The van der Waals surface area contributed by atoms with Crippen molar-refractivity contribution in [1.29, 1.82) is 5.26 Å². The molecule has 0 saturated carbocycles. The van der Waals surface area contributed by atoms with Crippen LogP contribution in [0.5, 0.6) is 0 Å². The molecule has 4 nitrogen and oxygen atoms in total. The van der Waals surface area contributed by atoms with E-state index in [4.69, 9.17) is 11.6 Å². The molecule has 0 amide bonds. The van der Waals surface area contributed by atoms with Crippen LogP contribution in [0.15, 0.2) is 48.5 Å². The van der Waals surface area contributed by atoms with Gasteiger partial charge in [-0.1, -0.05) is 41.9 Å². The zero-order chi connectivity index (χ0) is 16.2. The largest absolute Gasteiger partial charge is 0.342 e. The fourth-order valence-corrected chi connectivity index (χ4v) is 2.78. The van der Waals surface area contributed by atoms with Gasteiger partial charge < -0.3 is 4.98 Å². The number of imidazole rings is 1. The molecule has 0 radical (unpaired) electrons. The normalized spacial score (nSPS) is 12.0. The molecule has 23 heavy (non-hydrogen) atoms. The average molecular weight is 324 g/mol. The third-order valence-corrected chi connectivity index (χ3v) is 4.06. The number of nitriles is 1. The lowest BCUT2D eigenvalue weighted by atomic mass is 9.93. The zero-order valence-electron chi connectivity index (χ0n) is 12.3. The Morgan fingerprint density at radius 2 is 1.96 bits per heavy atom. The highest BCUT2D eigenvalue weighted by Gasteiger charge is 2.22. The molecule has 0 unspecified atom stereocenters. The Hall–Kier alpha value is -2.64. The molecule has 3 aromatic rings. The summed E-state index contributed by atoms with van der Waals surface area (Å²) in [6.45, 7) is 0. The average Bonchev–Trinajstić information content (AvgIpc) is 2.98. The molecule has 0 aliphatic rings. The smallest absolute Gasteiger partial charge is 0.154 e. The number of nitrogens with zero attached hydrogens (tertiary/aromatic N) is 2. The molecular formula is C18H14ClN3O. The summed E-state index contributed by atoms with van der Waals surface area (Å²) in [6.07, 6.45) is 0.708. The number of H-pyrrole nitrogens is 1. The molecular weight excluding hydrogens is 310 g/mol. The molecule has 1 aromatic heterocycles. The Morgan fingerprint density at radius 1 is 1.22 bits per heavy atom. The van der Waals surface area contributed by atoms with Crippen molar-refractivity contribution in [1.82, 2.24) is 9.97 Å². The van der Waals surface area contributed by atoms with Crippen molar-refractivity contribution in [2.75, 3.05) is 0 Å². The van der Waals surface area contributed by atoms with Gasteiger partial charge in [0.25, 0.3) is 0 Å². The fraction of sp³-hybridized carbons (Fsp3) is 0.167. The van der Waals surface area contributed by atoms with Gasteiger partial charge >= 0.3 is 0 Å². The highest BCUT2D eigenvalue weighted by atomic mass is 35.5. The van der Waals surface area contributed by atoms with Crippen LogP contribution in [0.25, 0.3) is 11.0 Å². The second kappa shape index (κ2) is 6.64. The van der Waals surface area contributed by atoms with Crippen LogP contribution in [0.1, 0.15) is 23.7 Å². The maximum absolute atomic E-state index is 12.4. The van der Waals surface area contributed by atoms with E-state index in [1.54, 1.807) is 24.3 Å². The van der Waals surface area contributed by atoms with Gasteiger partial charge in [-0.3, -0.25) is 4.79 Å². The summed E-state index contributed by atoms with van der Waals surface area (Å²) in [5, 5.41) is 9.77. The molecule has 0 spiro atoms. The minimum atomic E-state index is -0.840. The van der Waals surface area contributed by atoms with Crippen molar-refractivity contribution in [3.8, 4) is 6.07 Å². The Balaban J connectivity index is 1.73. The highest BCUT2D eigenvalue weighted by molar-refractivity contribution is 6.31. The first-order valence-electron chi connectivity index (χ1n) is 7.29. The number of benzene rings is 2. The van der Waals surface area contributed by atoms with Crippen molar-refractivity contribution < 1.29 is 4.79 Å². The molecule has 0 aliphatic carbocycles. The number of hydrogen-bond acceptors (Lipinski definition) is 3. The van der Waals surface area contributed by atoms with E-state index < -0.39 is 5.92 Å². The lowest BCUT2D eigenvalue weighted by Gasteiger charge is -2.09. The Labute approximate surface area is 138 Å². The Morgan fingerprint density at radius 3 is 2.70 bits per heavy atom. The third kappa shape index (κ3) is 3.25. The molecule has 0 fully saturated rings. The van der Waals surface area contributed by atoms with Gasteiger partial charge in [0.1, 0.15) is 11.7 Å². The second-order valence-electron chi connectivity index (χ2n) is 5.25. The minimum Gasteiger partial charge on any atom is -0.342 e. The van der Waals surface area contributed by atoms with Gasteiger partial charge in [-0.05, 0) is 23.8 Å². The van der Waals surface area contributed by atoms with E-state index in [1.165, 1.54) is 0 Å². The minimum absolute atomic E-state index is 0.152. The van der Waals surface area contributed by atoms with Crippen LogP contribution >= 0.6 is 11.6 Å². The van der Waals surface area contributed by atoms with Crippen LogP contribution in [0.2, 0.25) is 5.02 Å². The van der Waals surface area contributed by atoms with E-state index in [9.17, 15) is 10.1 Å². The number of rotatable bonds is 5. The number of aryl methyl sites for hydroxylation is 1. The van der Waals surface area contributed by atoms with E-state index in [0.29, 0.717) is 17.0 Å². The van der Waals surface area contributed by atoms with Gasteiger partial charge in [0.2, 0.25) is 0 Å². The Kier molecular flexibility index (Phi) is 4.40. The molecule has 0 aliphatic heterocycles. The topological polar surface area (TPSA) is 69.5 Å². The first kappa shape index (κ1) is 15.3. The van der Waals surface area contributed by atoms with Gasteiger partial charge in [0.05, 0.1) is 17.1 Å². The molecule has 114 valence electrons. The molecule has 0 saturated heterocycles. The van der Waals surface area contributed by atoms with E-state index in [2.05, 4.69) is 16.0 Å². The number of carbonyl (C=O) groups excluding carboxylic acids is 1. The summed E-state index contributed by atoms with van der Waals surface area (Å²) in [6, 6.07) is 16.7. The molecule has 1 atom stereocenters. The molecule has 0 bridgehead atoms. The monoisotopic (exact) mass is 323 g/mol. The lowest BCUT2D eigenvalue weighted by molar-refractivity contribution is -0.119. The second-order valence-corrected chi connectivity index (χ2v) is 5.66. The number of nitrogens with one attached hydrogen (secondary N) is 1. The van der Waals surface area contributed by atoms with Crippen molar-refractivity contribution in [3.63, 3.8) is 0 Å². The van der Waals surface area contributed by atoms with Crippen LogP contribution in [0, 0.1) is 11.3 Å². The maximum atomic E-state index is 12.4. The number of hydrogen-bond donors (Lipinski definition) is 1. The lowest BCUT2D eigenvalue weighted by Crippen LogP contribution is -2.12. The quantitative estimate of drug-likeness (QED) is 0.770. The summed E-state index contributed by atoms with van der Waals surface area (Å²) in [5.74, 6) is -0.246. The van der Waals surface area contributed by atoms with Crippen LogP contribution in [0.3, 0.4) is 0 Å². The fourth-order valence-electron chi connectivity index (χ4n) is 2.53. The van der Waals surface area contributed by atoms with Crippen LogP contribution in [-0.2, 0) is 11.2 Å². The predicted molar refractivity (Wildman–Crippen MR) is 89.2 cm³/mol. The number of carbonyl (C=O) groups is 1. The maximum Gasteiger partial charge on any atom is 0.154 e. The number of para-hydroxylation sites is 2. The molecule has 5 heteroatoms. The standard InChI is InChI=1S/C18H14ClN3O/c19-14-6-2-1-5-12(14)13(11-20)17(23)9-10-18-21-15-7-3-4-8-16(15)22-18/h1-8,13H,9-10H2,(H,21,22)/t13-/m1/s1. The van der Waals surface area contributed by atoms with Crippen molar-refractivity contribution >= 4 is 28.4 Å². The first-order valence-corrected chi connectivity index (χ1v) is 7.67. The predicted octanol–water partition coefficient (Wildman–Crippen LogP) is 4.03. The zero-order valence-corrected chi connectivity index (χ0v) is 13.0. The number of ketones is 1. The molecule has 2 aromatic carbocycles. The molecule has 1 heterocycles. The van der Waals surface area contributed by atoms with Crippen molar-refractivity contribution in [2.24, 2.45) is 0 Å². The van der Waals surface area contributed by atoms with Gasteiger partial charge in [-0.25, -0.2) is 4.98 Å². The van der Waals surface area contributed by atoms with Gasteiger partial charge in [0.15, 0.2) is 5.78 Å². The van der Waals surface area contributed by atoms with Crippen LogP contribution in [-0.4, -0.2) is 15.8 Å². The van der Waals surface area contributed by atoms with E-state index in [0.717, 1.165) is 16.9 Å².